The topological polar surface area (TPSA) is 72.2 Å². The van der Waals surface area contributed by atoms with Crippen molar-refractivity contribution in [2.24, 2.45) is 5.73 Å². The molecule has 2 aromatic carbocycles. The van der Waals surface area contributed by atoms with Crippen molar-refractivity contribution in [1.29, 1.82) is 0 Å². The van der Waals surface area contributed by atoms with Crippen molar-refractivity contribution < 1.29 is 12.8 Å². The van der Waals surface area contributed by atoms with E-state index in [4.69, 9.17) is 5.73 Å². The fourth-order valence-corrected chi connectivity index (χ4v) is 2.83. The van der Waals surface area contributed by atoms with Gasteiger partial charge in [0.25, 0.3) is 0 Å². The lowest BCUT2D eigenvalue weighted by atomic mass is 10.1. The van der Waals surface area contributed by atoms with Crippen molar-refractivity contribution in [2.45, 2.75) is 24.4 Å². The van der Waals surface area contributed by atoms with Gasteiger partial charge < -0.3 is 5.73 Å². The summed E-state index contributed by atoms with van der Waals surface area (Å²) in [5.74, 6) is -0.354. The van der Waals surface area contributed by atoms with Crippen molar-refractivity contribution >= 4 is 10.0 Å². The van der Waals surface area contributed by atoms with Gasteiger partial charge in [0.15, 0.2) is 0 Å². The molecule has 1 unspecified atom stereocenters. The van der Waals surface area contributed by atoms with Gasteiger partial charge in [0.1, 0.15) is 5.82 Å². The first-order valence-corrected chi connectivity index (χ1v) is 7.96. The zero-order valence-corrected chi connectivity index (χ0v) is 12.4. The van der Waals surface area contributed by atoms with E-state index in [9.17, 15) is 12.8 Å². The fourth-order valence-electron chi connectivity index (χ4n) is 1.81. The molecule has 1 atom stereocenters. The Balaban J connectivity index is 2.09. The molecule has 4 nitrogen and oxygen atoms in total. The Morgan fingerprint density at radius 1 is 1.10 bits per heavy atom. The second-order valence-electron chi connectivity index (χ2n) is 4.81. The van der Waals surface area contributed by atoms with E-state index in [2.05, 4.69) is 4.72 Å². The molecular weight excluding hydrogens is 291 g/mol. The molecule has 2 rings (SSSR count). The average Bonchev–Trinajstić information content (AvgIpc) is 2.47. The summed E-state index contributed by atoms with van der Waals surface area (Å²) in [6, 6.07) is 11.9. The van der Waals surface area contributed by atoms with Gasteiger partial charge in [0.2, 0.25) is 10.0 Å². The minimum absolute atomic E-state index is 0.109. The highest BCUT2D eigenvalue weighted by molar-refractivity contribution is 7.89. The minimum Gasteiger partial charge on any atom is -0.324 e. The maximum Gasteiger partial charge on any atom is 0.240 e. The molecule has 0 aliphatic heterocycles. The number of nitrogens with two attached hydrogens (primary N) is 1. The highest BCUT2D eigenvalue weighted by atomic mass is 32.2. The van der Waals surface area contributed by atoms with Gasteiger partial charge in [0.05, 0.1) is 4.90 Å². The van der Waals surface area contributed by atoms with E-state index in [-0.39, 0.29) is 23.3 Å². The van der Waals surface area contributed by atoms with E-state index in [1.165, 1.54) is 36.4 Å². The average molecular weight is 308 g/mol. The Hall–Kier alpha value is -1.76. The number of sulfonamides is 1. The fraction of sp³-hybridized carbons (Fsp3) is 0.200. The maximum atomic E-state index is 12.8. The smallest absolute Gasteiger partial charge is 0.240 e. The Morgan fingerprint density at radius 2 is 1.67 bits per heavy atom. The van der Waals surface area contributed by atoms with Crippen LogP contribution in [0.4, 0.5) is 4.39 Å². The molecule has 0 spiro atoms. The van der Waals surface area contributed by atoms with E-state index in [1.54, 1.807) is 12.1 Å². The van der Waals surface area contributed by atoms with Crippen LogP contribution in [0.3, 0.4) is 0 Å². The van der Waals surface area contributed by atoms with Crippen LogP contribution in [0.2, 0.25) is 0 Å². The lowest BCUT2D eigenvalue weighted by Crippen LogP contribution is -2.23. The zero-order valence-electron chi connectivity index (χ0n) is 11.6. The predicted molar refractivity (Wildman–Crippen MR) is 79.5 cm³/mol. The van der Waals surface area contributed by atoms with Crippen molar-refractivity contribution in [3.05, 3.63) is 65.5 Å². The molecule has 112 valence electrons. The standard InChI is InChI=1S/C15H17FN2O2S/c1-11(17)13-4-8-15(9-5-13)21(19,20)18-10-12-2-6-14(16)7-3-12/h2-9,11,18H,10,17H2,1H3. The van der Waals surface area contributed by atoms with Crippen LogP contribution >= 0.6 is 0 Å². The van der Waals surface area contributed by atoms with Gasteiger partial charge in [-0.2, -0.15) is 0 Å². The number of benzene rings is 2. The summed E-state index contributed by atoms with van der Waals surface area (Å²) in [6.45, 7) is 1.94. The molecule has 0 saturated carbocycles. The maximum absolute atomic E-state index is 12.8. The summed E-state index contributed by atoms with van der Waals surface area (Å²) in [4.78, 5) is 0.175. The third-order valence-corrected chi connectivity index (χ3v) is 4.51. The summed E-state index contributed by atoms with van der Waals surface area (Å²) in [5, 5.41) is 0. The Bertz CT molecular complexity index is 695. The number of nitrogens with one attached hydrogen (secondary N) is 1. The lowest BCUT2D eigenvalue weighted by molar-refractivity contribution is 0.581. The van der Waals surface area contributed by atoms with Crippen LogP contribution in [0.25, 0.3) is 0 Å². The van der Waals surface area contributed by atoms with Crippen LogP contribution in [0.1, 0.15) is 24.1 Å². The third-order valence-electron chi connectivity index (χ3n) is 3.10. The predicted octanol–water partition coefficient (Wildman–Crippen LogP) is 2.32. The Kier molecular flexibility index (Phi) is 4.72. The van der Waals surface area contributed by atoms with E-state index >= 15 is 0 Å². The number of halogens is 1. The van der Waals surface area contributed by atoms with Crippen LogP contribution in [0.15, 0.2) is 53.4 Å². The first-order valence-electron chi connectivity index (χ1n) is 6.48. The van der Waals surface area contributed by atoms with Gasteiger partial charge in [-0.15, -0.1) is 0 Å². The van der Waals surface area contributed by atoms with Gasteiger partial charge in [-0.25, -0.2) is 17.5 Å². The molecule has 0 heterocycles. The molecule has 0 bridgehead atoms. The van der Waals surface area contributed by atoms with Crippen LogP contribution < -0.4 is 10.5 Å². The quantitative estimate of drug-likeness (QED) is 0.890. The summed E-state index contributed by atoms with van der Waals surface area (Å²) in [7, 11) is -3.60. The highest BCUT2D eigenvalue weighted by Gasteiger charge is 2.13. The second kappa shape index (κ2) is 6.34. The lowest BCUT2D eigenvalue weighted by Gasteiger charge is -2.09. The minimum atomic E-state index is -3.60. The summed E-state index contributed by atoms with van der Waals surface area (Å²) < 4.78 is 39.5. The largest absolute Gasteiger partial charge is 0.324 e. The van der Waals surface area contributed by atoms with Crippen LogP contribution in [-0.4, -0.2) is 8.42 Å². The number of rotatable bonds is 5. The SMILES string of the molecule is CC(N)c1ccc(S(=O)(=O)NCc2ccc(F)cc2)cc1. The van der Waals surface area contributed by atoms with E-state index in [1.807, 2.05) is 6.92 Å². The number of hydrogen-bond donors (Lipinski definition) is 2. The summed E-state index contributed by atoms with van der Waals surface area (Å²) in [6.07, 6.45) is 0. The van der Waals surface area contributed by atoms with Crippen LogP contribution in [0.5, 0.6) is 0 Å². The van der Waals surface area contributed by atoms with Gasteiger partial charge in [-0.1, -0.05) is 24.3 Å². The Morgan fingerprint density at radius 3 is 2.19 bits per heavy atom. The molecule has 21 heavy (non-hydrogen) atoms. The van der Waals surface area contributed by atoms with E-state index in [0.717, 1.165) is 5.56 Å². The second-order valence-corrected chi connectivity index (χ2v) is 6.58. The van der Waals surface area contributed by atoms with Crippen molar-refractivity contribution in [3.63, 3.8) is 0 Å². The van der Waals surface area contributed by atoms with E-state index in [0.29, 0.717) is 5.56 Å². The Labute approximate surface area is 123 Å². The molecule has 0 aromatic heterocycles. The van der Waals surface area contributed by atoms with E-state index < -0.39 is 10.0 Å². The first kappa shape index (κ1) is 15.6. The molecule has 0 aliphatic rings. The normalized spacial score (nSPS) is 13.1. The summed E-state index contributed by atoms with van der Waals surface area (Å²) in [5.41, 5.74) is 7.28. The molecule has 0 radical (unpaired) electrons. The molecule has 0 fully saturated rings. The first-order chi connectivity index (χ1) is 9.88. The monoisotopic (exact) mass is 308 g/mol. The molecule has 6 heteroatoms. The molecule has 0 saturated heterocycles. The molecule has 2 aromatic rings. The molecular formula is C15H17FN2O2S. The molecule has 0 amide bonds. The summed E-state index contributed by atoms with van der Waals surface area (Å²) >= 11 is 0. The molecule has 0 aliphatic carbocycles. The third kappa shape index (κ3) is 4.10. The van der Waals surface area contributed by atoms with Gasteiger partial charge in [0, 0.05) is 12.6 Å². The van der Waals surface area contributed by atoms with Gasteiger partial charge >= 0.3 is 0 Å². The number of hydrogen-bond acceptors (Lipinski definition) is 3. The van der Waals surface area contributed by atoms with Crippen LogP contribution in [-0.2, 0) is 16.6 Å². The van der Waals surface area contributed by atoms with Gasteiger partial charge in [-0.3, -0.25) is 0 Å². The zero-order chi connectivity index (χ0) is 15.5. The van der Waals surface area contributed by atoms with Crippen molar-refractivity contribution in [3.8, 4) is 0 Å². The van der Waals surface area contributed by atoms with Crippen molar-refractivity contribution in [2.75, 3.05) is 0 Å². The van der Waals surface area contributed by atoms with Crippen LogP contribution in [0, 0.1) is 5.82 Å². The highest BCUT2D eigenvalue weighted by Crippen LogP contribution is 2.15. The van der Waals surface area contributed by atoms with Crippen molar-refractivity contribution in [1.82, 2.24) is 4.72 Å². The van der Waals surface area contributed by atoms with Gasteiger partial charge in [-0.05, 0) is 42.3 Å². The molecule has 3 N–H and O–H groups in total.